The van der Waals surface area contributed by atoms with Crippen LogP contribution in [0.3, 0.4) is 0 Å². The molecule has 3 heterocycles. The number of benzene rings is 1. The van der Waals surface area contributed by atoms with E-state index < -0.39 is 5.82 Å². The number of rotatable bonds is 6. The average molecular weight is 398 g/mol. The molecule has 7 nitrogen and oxygen atoms in total. The minimum absolute atomic E-state index is 0.0908. The number of carbonyl (C=O) groups is 1. The topological polar surface area (TPSA) is 69.5 Å². The lowest BCUT2D eigenvalue weighted by atomic mass is 10.1. The van der Waals surface area contributed by atoms with Crippen molar-refractivity contribution in [1.29, 1.82) is 0 Å². The molecule has 0 spiro atoms. The van der Waals surface area contributed by atoms with Gasteiger partial charge in [0, 0.05) is 44.4 Å². The molecular formula is C21H23FN4O3. The Labute approximate surface area is 168 Å². The second-order valence-corrected chi connectivity index (χ2v) is 7.05. The lowest BCUT2D eigenvalue weighted by Crippen LogP contribution is -2.29. The number of hydrogen-bond donors (Lipinski definition) is 0. The Kier molecular flexibility index (Phi) is 5.44. The fourth-order valence-electron chi connectivity index (χ4n) is 3.83. The van der Waals surface area contributed by atoms with E-state index in [-0.39, 0.29) is 17.6 Å². The Hall–Kier alpha value is -3.00. The van der Waals surface area contributed by atoms with Gasteiger partial charge in [0.1, 0.15) is 11.3 Å². The first kappa shape index (κ1) is 19.3. The van der Waals surface area contributed by atoms with Crippen LogP contribution in [0.25, 0.3) is 11.2 Å². The molecule has 0 bridgehead atoms. The number of carbonyl (C=O) groups excluding carboxylic acids is 1. The van der Waals surface area contributed by atoms with Gasteiger partial charge in [-0.25, -0.2) is 14.4 Å². The zero-order valence-corrected chi connectivity index (χ0v) is 16.5. The van der Waals surface area contributed by atoms with Gasteiger partial charge in [0.2, 0.25) is 0 Å². The van der Waals surface area contributed by atoms with Crippen LogP contribution in [0.4, 0.5) is 4.39 Å². The first-order valence-electron chi connectivity index (χ1n) is 9.55. The van der Waals surface area contributed by atoms with Gasteiger partial charge in [-0.15, -0.1) is 0 Å². The molecule has 152 valence electrons. The van der Waals surface area contributed by atoms with Crippen molar-refractivity contribution < 1.29 is 18.7 Å². The van der Waals surface area contributed by atoms with Gasteiger partial charge < -0.3 is 18.9 Å². The Morgan fingerprint density at radius 2 is 2.17 bits per heavy atom. The van der Waals surface area contributed by atoms with Crippen molar-refractivity contribution in [1.82, 2.24) is 19.4 Å². The highest BCUT2D eigenvalue weighted by Crippen LogP contribution is 2.30. The van der Waals surface area contributed by atoms with Gasteiger partial charge in [-0.2, -0.15) is 0 Å². The summed E-state index contributed by atoms with van der Waals surface area (Å²) in [6.45, 7) is 2.32. The van der Waals surface area contributed by atoms with E-state index in [0.717, 1.165) is 23.4 Å². The zero-order chi connectivity index (χ0) is 20.4. The Morgan fingerprint density at radius 1 is 1.31 bits per heavy atom. The third-order valence-electron chi connectivity index (χ3n) is 5.29. The van der Waals surface area contributed by atoms with Crippen LogP contribution in [0.1, 0.15) is 28.5 Å². The normalized spacial score (nSPS) is 16.5. The van der Waals surface area contributed by atoms with Gasteiger partial charge in [-0.05, 0) is 36.8 Å². The molecule has 0 saturated carbocycles. The van der Waals surface area contributed by atoms with Crippen molar-refractivity contribution in [2.24, 2.45) is 0 Å². The lowest BCUT2D eigenvalue weighted by molar-refractivity contribution is 0.0789. The van der Waals surface area contributed by atoms with Crippen LogP contribution >= 0.6 is 0 Å². The first-order chi connectivity index (χ1) is 14.1. The molecule has 1 amide bonds. The van der Waals surface area contributed by atoms with E-state index in [2.05, 4.69) is 9.55 Å². The summed E-state index contributed by atoms with van der Waals surface area (Å²) in [5, 5.41) is 0. The Balaban J connectivity index is 1.57. The molecule has 0 radical (unpaired) electrons. The number of halogens is 1. The highest BCUT2D eigenvalue weighted by atomic mass is 19.1. The highest BCUT2D eigenvalue weighted by molar-refractivity contribution is 5.94. The standard InChI is InChI=1S/C21H23FN4O3/c1-28-11-10-26-19(24-17-4-3-8-23-20(17)26)15-7-9-25(13-15)21(27)14-5-6-18(29-2)16(22)12-14/h3-6,8,12,15H,7,9-11,13H2,1-2H3/t15-/m0/s1. The number of likely N-dealkylation sites (tertiary alicyclic amines) is 1. The van der Waals surface area contributed by atoms with Crippen molar-refractivity contribution in [3.8, 4) is 5.75 Å². The van der Waals surface area contributed by atoms with Gasteiger partial charge in [0.15, 0.2) is 17.2 Å². The van der Waals surface area contributed by atoms with E-state index in [4.69, 9.17) is 14.5 Å². The van der Waals surface area contributed by atoms with Gasteiger partial charge in [0.05, 0.1) is 13.7 Å². The number of fused-ring (bicyclic) bond motifs is 1. The van der Waals surface area contributed by atoms with E-state index >= 15 is 0 Å². The van der Waals surface area contributed by atoms with Crippen LogP contribution in [0.5, 0.6) is 5.75 Å². The molecular weight excluding hydrogens is 375 g/mol. The number of hydrogen-bond acceptors (Lipinski definition) is 5. The fraction of sp³-hybridized carbons (Fsp3) is 0.381. The van der Waals surface area contributed by atoms with Gasteiger partial charge in [0.25, 0.3) is 5.91 Å². The third kappa shape index (κ3) is 3.67. The summed E-state index contributed by atoms with van der Waals surface area (Å²) in [4.78, 5) is 23.9. The molecule has 2 aromatic heterocycles. The Bertz CT molecular complexity index is 1040. The summed E-state index contributed by atoms with van der Waals surface area (Å²) < 4.78 is 26.2. The van der Waals surface area contributed by atoms with Gasteiger partial charge >= 0.3 is 0 Å². The minimum atomic E-state index is -0.540. The van der Waals surface area contributed by atoms with Gasteiger partial charge in [-0.1, -0.05) is 0 Å². The average Bonchev–Trinajstić information content (AvgIpc) is 3.36. The van der Waals surface area contributed by atoms with Crippen molar-refractivity contribution in [2.45, 2.75) is 18.9 Å². The molecule has 0 aliphatic carbocycles. The third-order valence-corrected chi connectivity index (χ3v) is 5.29. The molecule has 29 heavy (non-hydrogen) atoms. The second kappa shape index (κ2) is 8.16. The molecule has 0 N–H and O–H groups in total. The second-order valence-electron chi connectivity index (χ2n) is 7.05. The highest BCUT2D eigenvalue weighted by Gasteiger charge is 2.32. The number of aromatic nitrogens is 3. The predicted octanol–water partition coefficient (Wildman–Crippen LogP) is 2.86. The van der Waals surface area contributed by atoms with Crippen molar-refractivity contribution >= 4 is 17.1 Å². The summed E-state index contributed by atoms with van der Waals surface area (Å²) in [5.41, 5.74) is 1.97. The van der Waals surface area contributed by atoms with E-state index in [1.54, 1.807) is 24.3 Å². The number of nitrogens with zero attached hydrogens (tertiary/aromatic N) is 4. The van der Waals surface area contributed by atoms with Gasteiger partial charge in [-0.3, -0.25) is 4.79 Å². The number of pyridine rings is 1. The maximum absolute atomic E-state index is 14.0. The smallest absolute Gasteiger partial charge is 0.253 e. The molecule has 1 saturated heterocycles. The first-order valence-corrected chi connectivity index (χ1v) is 9.55. The van der Waals surface area contributed by atoms with Crippen LogP contribution in [0.15, 0.2) is 36.5 Å². The number of amides is 1. The van der Waals surface area contributed by atoms with E-state index in [1.165, 1.54) is 19.2 Å². The molecule has 4 rings (SSSR count). The van der Waals surface area contributed by atoms with E-state index in [1.807, 2.05) is 12.1 Å². The summed E-state index contributed by atoms with van der Waals surface area (Å²) >= 11 is 0. The molecule has 0 unspecified atom stereocenters. The quantitative estimate of drug-likeness (QED) is 0.639. The molecule has 1 aromatic carbocycles. The van der Waals surface area contributed by atoms with Crippen molar-refractivity contribution in [3.05, 3.63) is 53.7 Å². The van der Waals surface area contributed by atoms with Crippen LogP contribution in [-0.2, 0) is 11.3 Å². The molecule has 1 atom stereocenters. The van der Waals surface area contributed by atoms with Crippen LogP contribution in [-0.4, -0.2) is 59.3 Å². The van der Waals surface area contributed by atoms with Crippen molar-refractivity contribution in [2.75, 3.05) is 33.9 Å². The van der Waals surface area contributed by atoms with Crippen LogP contribution < -0.4 is 4.74 Å². The minimum Gasteiger partial charge on any atom is -0.494 e. The van der Waals surface area contributed by atoms with Crippen LogP contribution in [0.2, 0.25) is 0 Å². The fourth-order valence-corrected chi connectivity index (χ4v) is 3.83. The van der Waals surface area contributed by atoms with E-state index in [0.29, 0.717) is 31.8 Å². The van der Waals surface area contributed by atoms with E-state index in [9.17, 15) is 9.18 Å². The lowest BCUT2D eigenvalue weighted by Gasteiger charge is -2.17. The summed E-state index contributed by atoms with van der Waals surface area (Å²) in [5.74, 6) is 0.397. The predicted molar refractivity (Wildman–Crippen MR) is 106 cm³/mol. The number of ether oxygens (including phenoxy) is 2. The molecule has 1 aliphatic heterocycles. The van der Waals surface area contributed by atoms with Crippen molar-refractivity contribution in [3.63, 3.8) is 0 Å². The van der Waals surface area contributed by atoms with Crippen LogP contribution in [0, 0.1) is 5.82 Å². The number of imidazole rings is 1. The monoisotopic (exact) mass is 398 g/mol. The maximum Gasteiger partial charge on any atom is 0.253 e. The summed E-state index contributed by atoms with van der Waals surface area (Å²) in [7, 11) is 3.06. The summed E-state index contributed by atoms with van der Waals surface area (Å²) in [6, 6.07) is 8.10. The molecule has 8 heteroatoms. The SMILES string of the molecule is COCCn1c([C@H]2CCN(C(=O)c3ccc(OC)c(F)c3)C2)nc2cccnc21. The molecule has 1 fully saturated rings. The summed E-state index contributed by atoms with van der Waals surface area (Å²) in [6.07, 6.45) is 2.54. The molecule has 1 aliphatic rings. The Morgan fingerprint density at radius 3 is 2.93 bits per heavy atom. The largest absolute Gasteiger partial charge is 0.494 e. The maximum atomic E-state index is 14.0. The molecule has 3 aromatic rings. The zero-order valence-electron chi connectivity index (χ0n) is 16.5. The number of methoxy groups -OCH3 is 2.